The van der Waals surface area contributed by atoms with Crippen molar-refractivity contribution in [3.63, 3.8) is 0 Å². The van der Waals surface area contributed by atoms with Crippen LogP contribution in [0.25, 0.3) is 0 Å². The molecule has 0 saturated carbocycles. The Balaban J connectivity index is 2.97. The fourth-order valence-corrected chi connectivity index (χ4v) is 1.50. The van der Waals surface area contributed by atoms with E-state index in [9.17, 15) is 5.11 Å². The summed E-state index contributed by atoms with van der Waals surface area (Å²) in [7, 11) is 0. The van der Waals surface area contributed by atoms with E-state index < -0.39 is 6.10 Å². The number of aliphatic hydroxyl groups is 1. The predicted octanol–water partition coefficient (Wildman–Crippen LogP) is 2.64. The summed E-state index contributed by atoms with van der Waals surface area (Å²) in [6.45, 7) is 3.57. The molecule has 0 bridgehead atoms. The van der Waals surface area contributed by atoms with Crippen molar-refractivity contribution in [2.75, 3.05) is 5.73 Å². The van der Waals surface area contributed by atoms with Crippen LogP contribution in [0.15, 0.2) is 35.3 Å². The second-order valence-corrected chi connectivity index (χ2v) is 3.73. The Labute approximate surface area is 86.2 Å². The highest BCUT2D eigenvalue weighted by molar-refractivity contribution is 9.10. The molecule has 3 N–H and O–H groups in total. The smallest absolute Gasteiger partial charge is 0.0844 e. The Kier molecular flexibility index (Phi) is 3.51. The average Bonchev–Trinajstić information content (AvgIpc) is 2.09. The molecular weight excluding hydrogens is 230 g/mol. The van der Waals surface area contributed by atoms with Gasteiger partial charge in [0.15, 0.2) is 0 Å². The number of benzene rings is 1. The number of nitrogen functional groups attached to an aromatic ring is 1. The molecule has 3 heteroatoms. The van der Waals surface area contributed by atoms with Gasteiger partial charge in [0, 0.05) is 15.7 Å². The fraction of sp³-hybridized carbons (Fsp3) is 0.200. The van der Waals surface area contributed by atoms with Gasteiger partial charge in [-0.1, -0.05) is 22.0 Å². The molecule has 0 aliphatic rings. The van der Waals surface area contributed by atoms with Crippen molar-refractivity contribution in [1.82, 2.24) is 0 Å². The first kappa shape index (κ1) is 10.3. The Bertz CT molecular complexity index is 312. The number of aliphatic hydroxyl groups excluding tert-OH is 1. The Hall–Kier alpha value is -0.800. The maximum Gasteiger partial charge on any atom is 0.0844 e. The normalized spacial score (nSPS) is 12.5. The molecule has 0 heterocycles. The molecule has 0 radical (unpaired) electrons. The quantitative estimate of drug-likeness (QED) is 0.632. The van der Waals surface area contributed by atoms with Crippen molar-refractivity contribution in [2.24, 2.45) is 0 Å². The Morgan fingerprint density at radius 1 is 1.62 bits per heavy atom. The molecule has 0 spiro atoms. The van der Waals surface area contributed by atoms with E-state index in [0.717, 1.165) is 10.0 Å². The number of anilines is 1. The highest BCUT2D eigenvalue weighted by Crippen LogP contribution is 2.26. The zero-order chi connectivity index (χ0) is 9.84. The summed E-state index contributed by atoms with van der Waals surface area (Å²) in [6.07, 6.45) is 1.63. The molecule has 70 valence electrons. The minimum Gasteiger partial charge on any atom is -0.398 e. The molecule has 1 atom stereocenters. The van der Waals surface area contributed by atoms with Gasteiger partial charge in [0.1, 0.15) is 0 Å². The Morgan fingerprint density at radius 2 is 2.31 bits per heavy atom. The third-order valence-corrected chi connectivity index (χ3v) is 2.29. The lowest BCUT2D eigenvalue weighted by atomic mass is 10.1. The van der Waals surface area contributed by atoms with Crippen molar-refractivity contribution in [2.45, 2.75) is 12.5 Å². The van der Waals surface area contributed by atoms with Gasteiger partial charge in [0.25, 0.3) is 0 Å². The van der Waals surface area contributed by atoms with Gasteiger partial charge in [-0.2, -0.15) is 0 Å². The van der Waals surface area contributed by atoms with Crippen molar-refractivity contribution >= 4 is 21.6 Å². The molecule has 1 aromatic rings. The standard InChI is InChI=1S/C10H12BrNO/c1-2-3-10(13)8-6-7(11)4-5-9(8)12/h2,4-6,10,13H,1,3,12H2. The van der Waals surface area contributed by atoms with Crippen LogP contribution in [0.4, 0.5) is 5.69 Å². The van der Waals surface area contributed by atoms with Crippen LogP contribution < -0.4 is 5.73 Å². The minimum absolute atomic E-state index is 0.515. The summed E-state index contributed by atoms with van der Waals surface area (Å²) < 4.78 is 0.916. The van der Waals surface area contributed by atoms with Gasteiger partial charge in [-0.3, -0.25) is 0 Å². The fourth-order valence-electron chi connectivity index (χ4n) is 1.12. The zero-order valence-electron chi connectivity index (χ0n) is 7.20. The van der Waals surface area contributed by atoms with Crippen molar-refractivity contribution < 1.29 is 5.11 Å². The molecule has 13 heavy (non-hydrogen) atoms. The summed E-state index contributed by atoms with van der Waals surface area (Å²) in [5, 5.41) is 9.65. The first-order valence-electron chi connectivity index (χ1n) is 3.99. The zero-order valence-corrected chi connectivity index (χ0v) is 8.79. The second kappa shape index (κ2) is 4.44. The van der Waals surface area contributed by atoms with Crippen molar-refractivity contribution in [3.05, 3.63) is 40.9 Å². The summed E-state index contributed by atoms with van der Waals surface area (Å²) >= 11 is 3.32. The van der Waals surface area contributed by atoms with E-state index in [1.165, 1.54) is 0 Å². The number of nitrogens with two attached hydrogens (primary N) is 1. The van der Waals surface area contributed by atoms with Crippen LogP contribution in [0.3, 0.4) is 0 Å². The van der Waals surface area contributed by atoms with Gasteiger partial charge in [-0.15, -0.1) is 6.58 Å². The maximum absolute atomic E-state index is 9.65. The van der Waals surface area contributed by atoms with Gasteiger partial charge in [0.05, 0.1) is 6.10 Å². The van der Waals surface area contributed by atoms with Gasteiger partial charge in [0.2, 0.25) is 0 Å². The summed E-state index contributed by atoms with van der Waals surface area (Å²) in [5.41, 5.74) is 7.06. The number of rotatable bonds is 3. The molecule has 0 fully saturated rings. The van der Waals surface area contributed by atoms with Crippen LogP contribution in [-0.2, 0) is 0 Å². The summed E-state index contributed by atoms with van der Waals surface area (Å²) in [5.74, 6) is 0. The second-order valence-electron chi connectivity index (χ2n) is 2.81. The van der Waals surface area contributed by atoms with Crippen molar-refractivity contribution in [3.8, 4) is 0 Å². The Morgan fingerprint density at radius 3 is 2.92 bits per heavy atom. The van der Waals surface area contributed by atoms with Crippen LogP contribution in [-0.4, -0.2) is 5.11 Å². The number of hydrogen-bond donors (Lipinski definition) is 2. The van der Waals surface area contributed by atoms with Gasteiger partial charge in [-0.25, -0.2) is 0 Å². The molecular formula is C10H12BrNO. The van der Waals surface area contributed by atoms with Gasteiger partial charge >= 0.3 is 0 Å². The molecule has 1 aromatic carbocycles. The molecule has 0 aromatic heterocycles. The SMILES string of the molecule is C=CCC(O)c1cc(Br)ccc1N. The number of hydrogen-bond acceptors (Lipinski definition) is 2. The highest BCUT2D eigenvalue weighted by Gasteiger charge is 2.09. The molecule has 0 saturated heterocycles. The minimum atomic E-state index is -0.560. The van der Waals surface area contributed by atoms with E-state index in [1.807, 2.05) is 12.1 Å². The van der Waals surface area contributed by atoms with E-state index in [2.05, 4.69) is 22.5 Å². The molecule has 0 amide bonds. The lowest BCUT2D eigenvalue weighted by molar-refractivity contribution is 0.182. The van der Waals surface area contributed by atoms with Gasteiger partial charge < -0.3 is 10.8 Å². The lowest BCUT2D eigenvalue weighted by Crippen LogP contribution is -2.00. The van der Waals surface area contributed by atoms with Crippen LogP contribution in [0, 0.1) is 0 Å². The molecule has 2 nitrogen and oxygen atoms in total. The third kappa shape index (κ3) is 2.57. The maximum atomic E-state index is 9.65. The largest absolute Gasteiger partial charge is 0.398 e. The summed E-state index contributed by atoms with van der Waals surface area (Å²) in [6, 6.07) is 5.44. The summed E-state index contributed by atoms with van der Waals surface area (Å²) in [4.78, 5) is 0. The molecule has 0 aliphatic heterocycles. The average molecular weight is 242 g/mol. The van der Waals surface area contributed by atoms with E-state index in [-0.39, 0.29) is 0 Å². The van der Waals surface area contributed by atoms with Gasteiger partial charge in [-0.05, 0) is 24.6 Å². The molecule has 1 rings (SSSR count). The first-order valence-corrected chi connectivity index (χ1v) is 4.78. The predicted molar refractivity (Wildman–Crippen MR) is 58.3 cm³/mol. The van der Waals surface area contributed by atoms with E-state index in [1.54, 1.807) is 12.1 Å². The van der Waals surface area contributed by atoms with Crippen LogP contribution in [0.2, 0.25) is 0 Å². The van der Waals surface area contributed by atoms with E-state index >= 15 is 0 Å². The van der Waals surface area contributed by atoms with Crippen LogP contribution >= 0.6 is 15.9 Å². The molecule has 0 aliphatic carbocycles. The lowest BCUT2D eigenvalue weighted by Gasteiger charge is -2.11. The third-order valence-electron chi connectivity index (χ3n) is 1.80. The molecule has 1 unspecified atom stereocenters. The number of halogens is 1. The first-order chi connectivity index (χ1) is 6.15. The van der Waals surface area contributed by atoms with E-state index in [0.29, 0.717) is 12.1 Å². The van der Waals surface area contributed by atoms with Crippen LogP contribution in [0.1, 0.15) is 18.1 Å². The monoisotopic (exact) mass is 241 g/mol. The van der Waals surface area contributed by atoms with Crippen LogP contribution in [0.5, 0.6) is 0 Å². The topological polar surface area (TPSA) is 46.2 Å². The van der Waals surface area contributed by atoms with E-state index in [4.69, 9.17) is 5.73 Å². The highest BCUT2D eigenvalue weighted by atomic mass is 79.9. The van der Waals surface area contributed by atoms with Crippen molar-refractivity contribution in [1.29, 1.82) is 0 Å².